The number of aromatic nitrogens is 3. The Balaban J connectivity index is 2.39. The van der Waals surface area contributed by atoms with E-state index in [0.717, 1.165) is 12.4 Å². The highest BCUT2D eigenvalue weighted by molar-refractivity contribution is 4.98. The minimum absolute atomic E-state index is 0.385. The zero-order valence-corrected chi connectivity index (χ0v) is 7.73. The van der Waals surface area contributed by atoms with Crippen molar-refractivity contribution in [1.29, 1.82) is 0 Å². The molecule has 0 aromatic carbocycles. The SMILES string of the molecule is CC1Cn2cnnc2C(C)N1C. The van der Waals surface area contributed by atoms with Gasteiger partial charge in [0.15, 0.2) is 0 Å². The van der Waals surface area contributed by atoms with Crippen molar-refractivity contribution in [2.24, 2.45) is 0 Å². The molecule has 2 unspecified atom stereocenters. The highest BCUT2D eigenvalue weighted by atomic mass is 15.3. The van der Waals surface area contributed by atoms with Gasteiger partial charge in [-0.15, -0.1) is 10.2 Å². The van der Waals surface area contributed by atoms with E-state index in [2.05, 4.69) is 40.6 Å². The van der Waals surface area contributed by atoms with Gasteiger partial charge in [0.05, 0.1) is 6.04 Å². The molecule has 0 radical (unpaired) electrons. The molecule has 2 atom stereocenters. The van der Waals surface area contributed by atoms with Crippen molar-refractivity contribution in [2.45, 2.75) is 32.5 Å². The molecule has 66 valence electrons. The predicted molar refractivity (Wildman–Crippen MR) is 45.7 cm³/mol. The second-order valence-corrected chi connectivity index (χ2v) is 3.53. The third kappa shape index (κ3) is 0.948. The molecule has 0 spiro atoms. The normalized spacial score (nSPS) is 30.2. The molecule has 4 nitrogen and oxygen atoms in total. The van der Waals surface area contributed by atoms with E-state index in [0.29, 0.717) is 12.1 Å². The van der Waals surface area contributed by atoms with Gasteiger partial charge in [-0.2, -0.15) is 0 Å². The fourth-order valence-electron chi connectivity index (χ4n) is 1.71. The van der Waals surface area contributed by atoms with Crippen LogP contribution in [0.1, 0.15) is 25.7 Å². The molecule has 0 amide bonds. The van der Waals surface area contributed by atoms with Gasteiger partial charge in [0.25, 0.3) is 0 Å². The van der Waals surface area contributed by atoms with Crippen LogP contribution in [0.2, 0.25) is 0 Å². The van der Waals surface area contributed by atoms with Gasteiger partial charge in [-0.25, -0.2) is 0 Å². The summed E-state index contributed by atoms with van der Waals surface area (Å²) in [6, 6.07) is 0.958. The lowest BCUT2D eigenvalue weighted by Crippen LogP contribution is -2.40. The predicted octanol–water partition coefficient (Wildman–Crippen LogP) is 0.673. The number of hydrogen-bond acceptors (Lipinski definition) is 3. The second kappa shape index (κ2) is 2.55. The number of fused-ring (bicyclic) bond motifs is 1. The highest BCUT2D eigenvalue weighted by Crippen LogP contribution is 2.24. The van der Waals surface area contributed by atoms with Gasteiger partial charge in [-0.3, -0.25) is 4.90 Å². The van der Waals surface area contributed by atoms with E-state index in [1.807, 2.05) is 6.33 Å². The molecular formula is C8H14N4. The van der Waals surface area contributed by atoms with Crippen LogP contribution in [0.25, 0.3) is 0 Å². The maximum atomic E-state index is 4.09. The fourth-order valence-corrected chi connectivity index (χ4v) is 1.71. The standard InChI is InChI=1S/C8H14N4/c1-6-4-12-5-9-10-8(12)7(2)11(6)3/h5-7H,4H2,1-3H3. The summed E-state index contributed by atoms with van der Waals surface area (Å²) in [6.45, 7) is 5.39. The van der Waals surface area contributed by atoms with Crippen LogP contribution in [0, 0.1) is 0 Å². The van der Waals surface area contributed by atoms with E-state index in [1.165, 1.54) is 0 Å². The second-order valence-electron chi connectivity index (χ2n) is 3.53. The monoisotopic (exact) mass is 166 g/mol. The molecule has 0 bridgehead atoms. The number of likely N-dealkylation sites (N-methyl/N-ethyl adjacent to an activating group) is 1. The molecule has 0 N–H and O–H groups in total. The lowest BCUT2D eigenvalue weighted by molar-refractivity contribution is 0.140. The molecule has 0 saturated carbocycles. The first-order chi connectivity index (χ1) is 5.70. The molecule has 0 fully saturated rings. The van der Waals surface area contributed by atoms with Crippen molar-refractivity contribution in [3.63, 3.8) is 0 Å². The van der Waals surface area contributed by atoms with Crippen molar-refractivity contribution in [2.75, 3.05) is 7.05 Å². The number of nitrogens with zero attached hydrogens (tertiary/aromatic N) is 4. The Kier molecular flexibility index (Phi) is 1.65. The minimum atomic E-state index is 0.385. The lowest BCUT2D eigenvalue weighted by Gasteiger charge is -2.35. The molecule has 12 heavy (non-hydrogen) atoms. The Morgan fingerprint density at radius 2 is 2.25 bits per heavy atom. The zero-order valence-electron chi connectivity index (χ0n) is 7.73. The average molecular weight is 166 g/mol. The highest BCUT2D eigenvalue weighted by Gasteiger charge is 2.27. The van der Waals surface area contributed by atoms with Crippen LogP contribution in [-0.2, 0) is 6.54 Å². The smallest absolute Gasteiger partial charge is 0.149 e. The first kappa shape index (κ1) is 7.73. The quantitative estimate of drug-likeness (QED) is 0.568. The van der Waals surface area contributed by atoms with Gasteiger partial charge in [-0.1, -0.05) is 0 Å². The molecule has 1 aromatic rings. The third-order valence-corrected chi connectivity index (χ3v) is 2.79. The molecule has 1 aromatic heterocycles. The Labute approximate surface area is 72.2 Å². The van der Waals surface area contributed by atoms with Gasteiger partial charge in [0, 0.05) is 12.6 Å². The van der Waals surface area contributed by atoms with Gasteiger partial charge in [-0.05, 0) is 20.9 Å². The first-order valence-corrected chi connectivity index (χ1v) is 4.30. The number of rotatable bonds is 0. The molecule has 0 saturated heterocycles. The summed E-state index contributed by atoms with van der Waals surface area (Å²) in [5.74, 6) is 1.08. The van der Waals surface area contributed by atoms with Crippen molar-refractivity contribution in [3.05, 3.63) is 12.2 Å². The third-order valence-electron chi connectivity index (χ3n) is 2.79. The van der Waals surface area contributed by atoms with E-state index in [-0.39, 0.29) is 0 Å². The summed E-state index contributed by atoms with van der Waals surface area (Å²) in [5, 5.41) is 8.00. The van der Waals surface area contributed by atoms with E-state index in [9.17, 15) is 0 Å². The summed E-state index contributed by atoms with van der Waals surface area (Å²) < 4.78 is 2.13. The van der Waals surface area contributed by atoms with Crippen LogP contribution in [0.5, 0.6) is 0 Å². The van der Waals surface area contributed by atoms with Crippen LogP contribution in [0.4, 0.5) is 0 Å². The molecule has 2 heterocycles. The summed E-state index contributed by atoms with van der Waals surface area (Å²) in [7, 11) is 2.13. The Bertz CT molecular complexity index is 280. The van der Waals surface area contributed by atoms with Crippen molar-refractivity contribution >= 4 is 0 Å². The van der Waals surface area contributed by atoms with E-state index in [1.54, 1.807) is 0 Å². The molecule has 4 heteroatoms. The van der Waals surface area contributed by atoms with Crippen LogP contribution in [0.15, 0.2) is 6.33 Å². The van der Waals surface area contributed by atoms with Gasteiger partial charge < -0.3 is 4.57 Å². The van der Waals surface area contributed by atoms with Gasteiger partial charge >= 0.3 is 0 Å². The van der Waals surface area contributed by atoms with Crippen LogP contribution in [0.3, 0.4) is 0 Å². The fraction of sp³-hybridized carbons (Fsp3) is 0.750. The topological polar surface area (TPSA) is 34.0 Å². The Hall–Kier alpha value is -0.900. The van der Waals surface area contributed by atoms with Crippen LogP contribution in [-0.4, -0.2) is 32.8 Å². The molecule has 1 aliphatic rings. The van der Waals surface area contributed by atoms with E-state index in [4.69, 9.17) is 0 Å². The van der Waals surface area contributed by atoms with Crippen LogP contribution >= 0.6 is 0 Å². The largest absolute Gasteiger partial charge is 0.315 e. The van der Waals surface area contributed by atoms with Gasteiger partial charge in [0.1, 0.15) is 12.2 Å². The zero-order chi connectivity index (χ0) is 8.72. The van der Waals surface area contributed by atoms with E-state index < -0.39 is 0 Å². The van der Waals surface area contributed by atoms with E-state index >= 15 is 0 Å². The molecular weight excluding hydrogens is 152 g/mol. The molecule has 1 aliphatic heterocycles. The summed E-state index contributed by atoms with van der Waals surface area (Å²) in [6.07, 6.45) is 1.81. The Morgan fingerprint density at radius 1 is 1.50 bits per heavy atom. The molecule has 0 aliphatic carbocycles. The molecule has 2 rings (SSSR count). The lowest BCUT2D eigenvalue weighted by atomic mass is 10.1. The average Bonchev–Trinajstić information content (AvgIpc) is 2.48. The maximum absolute atomic E-state index is 4.09. The number of hydrogen-bond donors (Lipinski definition) is 0. The summed E-state index contributed by atoms with van der Waals surface area (Å²) in [4.78, 5) is 2.32. The van der Waals surface area contributed by atoms with Crippen molar-refractivity contribution in [1.82, 2.24) is 19.7 Å². The minimum Gasteiger partial charge on any atom is -0.315 e. The van der Waals surface area contributed by atoms with Crippen molar-refractivity contribution < 1.29 is 0 Å². The maximum Gasteiger partial charge on any atom is 0.149 e. The van der Waals surface area contributed by atoms with Gasteiger partial charge in [0.2, 0.25) is 0 Å². The van der Waals surface area contributed by atoms with Crippen molar-refractivity contribution in [3.8, 4) is 0 Å². The first-order valence-electron chi connectivity index (χ1n) is 4.30. The summed E-state index contributed by atoms with van der Waals surface area (Å²) in [5.41, 5.74) is 0. The summed E-state index contributed by atoms with van der Waals surface area (Å²) >= 11 is 0. The van der Waals surface area contributed by atoms with Crippen LogP contribution < -0.4 is 0 Å². The Morgan fingerprint density at radius 3 is 3.00 bits per heavy atom.